The van der Waals surface area contributed by atoms with Gasteiger partial charge in [-0.05, 0) is 42.5 Å². The fraction of sp³-hybridized carbons (Fsp3) is 0. The second-order valence-corrected chi connectivity index (χ2v) is 4.11. The number of hydrogen-bond donors (Lipinski definition) is 0. The zero-order valence-electron chi connectivity index (χ0n) is 9.60. The molecule has 0 aliphatic rings. The van der Waals surface area contributed by atoms with E-state index in [0.29, 0.717) is 11.8 Å². The second kappa shape index (κ2) is 5.63. The minimum atomic E-state index is -0.652. The summed E-state index contributed by atoms with van der Waals surface area (Å²) in [5.41, 5.74) is 0.587. The lowest BCUT2D eigenvalue weighted by Crippen LogP contribution is -2.08. The number of ether oxygens (including phenoxy) is 1. The molecule has 3 nitrogen and oxygen atoms in total. The van der Waals surface area contributed by atoms with Gasteiger partial charge in [-0.1, -0.05) is 11.6 Å². The summed E-state index contributed by atoms with van der Waals surface area (Å²) >= 11 is 5.87. The van der Waals surface area contributed by atoms with Gasteiger partial charge in [0, 0.05) is 5.56 Å². The average molecular weight is 279 g/mol. The third-order valence-corrected chi connectivity index (χ3v) is 2.67. The molecular formula is C14H8ClFO3. The van der Waals surface area contributed by atoms with Gasteiger partial charge in [0.1, 0.15) is 17.9 Å². The highest BCUT2D eigenvalue weighted by atomic mass is 35.5. The van der Waals surface area contributed by atoms with E-state index >= 15 is 0 Å². The Kier molecular flexibility index (Phi) is 3.92. The summed E-state index contributed by atoms with van der Waals surface area (Å²) in [6.45, 7) is 0. The average Bonchev–Trinajstić information content (AvgIpc) is 2.41. The third-order valence-electron chi connectivity index (χ3n) is 2.37. The van der Waals surface area contributed by atoms with Crippen molar-refractivity contribution in [3.8, 4) is 5.75 Å². The predicted octanol–water partition coefficient (Wildman–Crippen LogP) is 3.51. The van der Waals surface area contributed by atoms with Crippen molar-refractivity contribution in [2.24, 2.45) is 0 Å². The molecule has 0 aliphatic carbocycles. The van der Waals surface area contributed by atoms with E-state index in [0.717, 1.165) is 12.1 Å². The van der Waals surface area contributed by atoms with Crippen LogP contribution in [0.1, 0.15) is 20.7 Å². The molecule has 0 N–H and O–H groups in total. The largest absolute Gasteiger partial charge is 0.421 e. The van der Waals surface area contributed by atoms with Crippen LogP contribution in [0, 0.1) is 5.82 Å². The summed E-state index contributed by atoms with van der Waals surface area (Å²) in [6.07, 6.45) is 0.636. The summed E-state index contributed by atoms with van der Waals surface area (Å²) in [5, 5.41) is 0.153. The molecule has 2 aromatic carbocycles. The van der Waals surface area contributed by atoms with Crippen LogP contribution >= 0.6 is 11.6 Å². The fourth-order valence-corrected chi connectivity index (χ4v) is 1.65. The van der Waals surface area contributed by atoms with Crippen molar-refractivity contribution in [3.63, 3.8) is 0 Å². The topological polar surface area (TPSA) is 43.4 Å². The number of carbonyl (C=O) groups is 2. The fourth-order valence-electron chi connectivity index (χ4n) is 1.42. The maximum absolute atomic E-state index is 12.7. The van der Waals surface area contributed by atoms with Gasteiger partial charge >= 0.3 is 5.97 Å². The van der Waals surface area contributed by atoms with Crippen LogP contribution in [0.3, 0.4) is 0 Å². The van der Waals surface area contributed by atoms with Crippen LogP contribution in [0.25, 0.3) is 0 Å². The minimum absolute atomic E-state index is 0.140. The Morgan fingerprint density at radius 2 is 1.84 bits per heavy atom. The molecule has 0 bridgehead atoms. The quantitative estimate of drug-likeness (QED) is 0.490. The molecule has 0 spiro atoms. The molecule has 19 heavy (non-hydrogen) atoms. The molecule has 0 atom stereocenters. The zero-order chi connectivity index (χ0) is 13.8. The van der Waals surface area contributed by atoms with Crippen molar-refractivity contribution >= 4 is 23.9 Å². The Morgan fingerprint density at radius 3 is 2.42 bits per heavy atom. The molecule has 2 aromatic rings. The maximum atomic E-state index is 12.7. The highest BCUT2D eigenvalue weighted by Crippen LogP contribution is 2.25. The molecule has 0 saturated heterocycles. The Bertz CT molecular complexity index is 623. The molecule has 5 heteroatoms. The first-order valence-corrected chi connectivity index (χ1v) is 5.70. The summed E-state index contributed by atoms with van der Waals surface area (Å²) in [7, 11) is 0. The van der Waals surface area contributed by atoms with Crippen LogP contribution in [-0.4, -0.2) is 12.3 Å². The Balaban J connectivity index is 2.19. The van der Waals surface area contributed by atoms with Gasteiger partial charge in [0.2, 0.25) is 0 Å². The van der Waals surface area contributed by atoms with Crippen LogP contribution in [0.15, 0.2) is 42.5 Å². The summed E-state index contributed by atoms with van der Waals surface area (Å²) < 4.78 is 17.8. The van der Waals surface area contributed by atoms with E-state index in [1.54, 1.807) is 0 Å². The van der Waals surface area contributed by atoms with Crippen LogP contribution < -0.4 is 4.74 Å². The van der Waals surface area contributed by atoms with Crippen molar-refractivity contribution in [1.82, 2.24) is 0 Å². The number of aldehydes is 1. The molecule has 0 saturated carbocycles. The number of halogens is 2. The van der Waals surface area contributed by atoms with Gasteiger partial charge in [-0.3, -0.25) is 4.79 Å². The molecule has 0 heterocycles. The number of benzene rings is 2. The number of hydrogen-bond acceptors (Lipinski definition) is 3. The number of esters is 1. The third kappa shape index (κ3) is 3.17. The smallest absolute Gasteiger partial charge is 0.343 e. The normalized spacial score (nSPS) is 10.0. The first kappa shape index (κ1) is 13.2. The molecule has 0 unspecified atom stereocenters. The Morgan fingerprint density at radius 1 is 1.16 bits per heavy atom. The lowest BCUT2D eigenvalue weighted by molar-refractivity contribution is 0.0735. The lowest BCUT2D eigenvalue weighted by Gasteiger charge is -2.06. The molecule has 0 fully saturated rings. The van der Waals surface area contributed by atoms with Crippen LogP contribution in [0.4, 0.5) is 4.39 Å². The van der Waals surface area contributed by atoms with Gasteiger partial charge in [0.25, 0.3) is 0 Å². The van der Waals surface area contributed by atoms with E-state index in [-0.39, 0.29) is 16.3 Å². The predicted molar refractivity (Wildman–Crippen MR) is 68.2 cm³/mol. The number of carbonyl (C=O) groups excluding carboxylic acids is 2. The van der Waals surface area contributed by atoms with Gasteiger partial charge in [0.05, 0.1) is 10.6 Å². The molecule has 96 valence electrons. The Hall–Kier alpha value is -2.20. The maximum Gasteiger partial charge on any atom is 0.343 e. The van der Waals surface area contributed by atoms with Crippen LogP contribution in [-0.2, 0) is 0 Å². The first-order valence-electron chi connectivity index (χ1n) is 5.32. The van der Waals surface area contributed by atoms with E-state index in [4.69, 9.17) is 16.3 Å². The van der Waals surface area contributed by atoms with E-state index in [2.05, 4.69) is 0 Å². The van der Waals surface area contributed by atoms with Crippen molar-refractivity contribution in [2.45, 2.75) is 0 Å². The zero-order valence-corrected chi connectivity index (χ0v) is 10.4. The van der Waals surface area contributed by atoms with Crippen molar-refractivity contribution in [3.05, 3.63) is 64.4 Å². The molecule has 0 aromatic heterocycles. The molecule has 0 amide bonds. The highest BCUT2D eigenvalue weighted by Gasteiger charge is 2.11. The lowest BCUT2D eigenvalue weighted by atomic mass is 10.2. The van der Waals surface area contributed by atoms with Gasteiger partial charge in [0.15, 0.2) is 0 Å². The SMILES string of the molecule is O=Cc1ccc(OC(=O)c2ccc(F)cc2)c(Cl)c1. The molecule has 2 rings (SSSR count). The second-order valence-electron chi connectivity index (χ2n) is 3.70. The van der Waals surface area contributed by atoms with E-state index in [1.807, 2.05) is 0 Å². The van der Waals surface area contributed by atoms with Gasteiger partial charge in [-0.2, -0.15) is 0 Å². The highest BCUT2D eigenvalue weighted by molar-refractivity contribution is 6.32. The van der Waals surface area contributed by atoms with Gasteiger partial charge in [-0.25, -0.2) is 9.18 Å². The van der Waals surface area contributed by atoms with Crippen LogP contribution in [0.5, 0.6) is 5.75 Å². The Labute approximate surface area is 113 Å². The molecular weight excluding hydrogens is 271 g/mol. The van der Waals surface area contributed by atoms with Crippen molar-refractivity contribution < 1.29 is 18.7 Å². The van der Waals surface area contributed by atoms with E-state index in [9.17, 15) is 14.0 Å². The summed E-state index contributed by atoms with van der Waals surface area (Å²) in [5.74, 6) is -0.952. The monoisotopic (exact) mass is 278 g/mol. The van der Waals surface area contributed by atoms with Gasteiger partial charge in [-0.15, -0.1) is 0 Å². The van der Waals surface area contributed by atoms with E-state index < -0.39 is 11.8 Å². The minimum Gasteiger partial charge on any atom is -0.421 e. The van der Waals surface area contributed by atoms with Crippen LogP contribution in [0.2, 0.25) is 5.02 Å². The molecule has 0 radical (unpaired) electrons. The summed E-state index contributed by atoms with van der Waals surface area (Å²) in [4.78, 5) is 22.3. The van der Waals surface area contributed by atoms with E-state index in [1.165, 1.54) is 30.3 Å². The van der Waals surface area contributed by atoms with Crippen molar-refractivity contribution in [1.29, 1.82) is 0 Å². The number of rotatable bonds is 3. The first-order chi connectivity index (χ1) is 9.10. The molecule has 0 aliphatic heterocycles. The standard InChI is InChI=1S/C14H8ClFO3/c15-12-7-9(8-17)1-6-13(12)19-14(18)10-2-4-11(16)5-3-10/h1-8H. The van der Waals surface area contributed by atoms with Gasteiger partial charge < -0.3 is 4.74 Å². The summed E-state index contributed by atoms with van der Waals surface area (Å²) in [6, 6.07) is 9.24. The van der Waals surface area contributed by atoms with Crippen molar-refractivity contribution in [2.75, 3.05) is 0 Å².